The average molecular weight is 181 g/mol. The average Bonchev–Trinajstić information content (AvgIpc) is 1.83. The summed E-state index contributed by atoms with van der Waals surface area (Å²) in [6.45, 7) is 0. The summed E-state index contributed by atoms with van der Waals surface area (Å²) >= 11 is 4.94. The van der Waals surface area contributed by atoms with Crippen molar-refractivity contribution in [1.29, 1.82) is 0 Å². The van der Waals surface area contributed by atoms with Gasteiger partial charge in [0.15, 0.2) is 0 Å². The van der Waals surface area contributed by atoms with Gasteiger partial charge >= 0.3 is 70.8 Å². The topological polar surface area (TPSA) is 0 Å². The first-order valence-corrected chi connectivity index (χ1v) is 3.41. The normalized spacial score (nSPS) is 9.78. The molecular formula is C6H3BrFLi. The van der Waals surface area contributed by atoms with E-state index in [2.05, 4.69) is 15.9 Å². The van der Waals surface area contributed by atoms with Gasteiger partial charge in [-0.3, -0.25) is 0 Å². The van der Waals surface area contributed by atoms with E-state index in [0.29, 0.717) is 4.24 Å². The molecule has 0 saturated heterocycles. The number of rotatable bonds is 0. The zero-order valence-corrected chi connectivity index (χ0v) is 6.57. The summed E-state index contributed by atoms with van der Waals surface area (Å²) in [5.41, 5.74) is 0. The summed E-state index contributed by atoms with van der Waals surface area (Å²) in [5, 5.41) is 0. The van der Waals surface area contributed by atoms with Crippen LogP contribution in [0.4, 0.5) is 4.39 Å². The summed E-state index contributed by atoms with van der Waals surface area (Å²) in [7, 11) is 0. The van der Waals surface area contributed by atoms with Crippen molar-refractivity contribution in [2.45, 2.75) is 0 Å². The maximum atomic E-state index is 12.5. The molecule has 0 atom stereocenters. The van der Waals surface area contributed by atoms with Crippen molar-refractivity contribution in [2.75, 3.05) is 0 Å². The zero-order valence-electron chi connectivity index (χ0n) is 4.99. The van der Waals surface area contributed by atoms with Crippen molar-refractivity contribution >= 4 is 37.9 Å². The molecule has 0 amide bonds. The van der Waals surface area contributed by atoms with Crippen molar-refractivity contribution in [2.24, 2.45) is 0 Å². The summed E-state index contributed by atoms with van der Waals surface area (Å²) in [6.07, 6.45) is 0. The van der Waals surface area contributed by atoms with E-state index in [9.17, 15) is 4.39 Å². The minimum absolute atomic E-state index is 0.163. The van der Waals surface area contributed by atoms with Gasteiger partial charge in [-0.1, -0.05) is 0 Å². The molecule has 1 rings (SSSR count). The van der Waals surface area contributed by atoms with Gasteiger partial charge in [-0.2, -0.15) is 0 Å². The predicted molar refractivity (Wildman–Crippen MR) is 39.5 cm³/mol. The van der Waals surface area contributed by atoms with Crippen LogP contribution in [0.1, 0.15) is 0 Å². The van der Waals surface area contributed by atoms with Crippen LogP contribution < -0.4 is 4.24 Å². The monoisotopic (exact) mass is 180 g/mol. The molecule has 42 valence electrons. The van der Waals surface area contributed by atoms with Crippen LogP contribution in [0, 0.1) is 5.82 Å². The van der Waals surface area contributed by atoms with E-state index in [1.807, 2.05) is 6.07 Å². The molecule has 0 heterocycles. The molecule has 0 aliphatic heterocycles. The van der Waals surface area contributed by atoms with Crippen LogP contribution in [-0.2, 0) is 0 Å². The Labute approximate surface area is 70.8 Å². The second-order valence-corrected chi connectivity index (χ2v) is 2.70. The molecule has 0 nitrogen and oxygen atoms in total. The van der Waals surface area contributed by atoms with Crippen molar-refractivity contribution in [1.82, 2.24) is 0 Å². The molecular weight excluding hydrogens is 178 g/mol. The Balaban J connectivity index is 3.25. The summed E-state index contributed by atoms with van der Waals surface area (Å²) in [5.74, 6) is -0.163. The molecule has 0 spiro atoms. The molecule has 1 aromatic carbocycles. The van der Waals surface area contributed by atoms with Gasteiger partial charge in [0.1, 0.15) is 0 Å². The molecule has 0 aromatic heterocycles. The van der Waals surface area contributed by atoms with Gasteiger partial charge in [-0.15, -0.1) is 0 Å². The number of benzene rings is 1. The Kier molecular flexibility index (Phi) is 2.34. The Morgan fingerprint density at radius 1 is 1.44 bits per heavy atom. The summed E-state index contributed by atoms with van der Waals surface area (Å²) < 4.78 is 14.0. The van der Waals surface area contributed by atoms with E-state index in [1.165, 1.54) is 6.07 Å². The van der Waals surface area contributed by atoms with Crippen molar-refractivity contribution in [3.8, 4) is 0 Å². The van der Waals surface area contributed by atoms with E-state index in [-0.39, 0.29) is 5.82 Å². The molecule has 0 saturated carbocycles. The molecule has 0 fully saturated rings. The van der Waals surface area contributed by atoms with E-state index >= 15 is 0 Å². The zero-order chi connectivity index (χ0) is 6.85. The van der Waals surface area contributed by atoms with Crippen LogP contribution in [0.25, 0.3) is 0 Å². The standard InChI is InChI=1S/C6H3BrF.Li/c7-5-2-1-3-6(8)4-5;/h1-3H;. The fourth-order valence-corrected chi connectivity index (χ4v) is 0.923. The first-order chi connectivity index (χ1) is 4.22. The Morgan fingerprint density at radius 2 is 2.11 bits per heavy atom. The van der Waals surface area contributed by atoms with E-state index < -0.39 is 0 Å². The van der Waals surface area contributed by atoms with Crippen LogP contribution in [0.3, 0.4) is 0 Å². The Bertz CT molecular complexity index is 204. The van der Waals surface area contributed by atoms with Gasteiger partial charge in [-0.25, -0.2) is 0 Å². The first-order valence-electron chi connectivity index (χ1n) is 2.62. The molecule has 0 radical (unpaired) electrons. The van der Waals surface area contributed by atoms with Crippen molar-refractivity contribution in [3.05, 3.63) is 28.5 Å². The van der Waals surface area contributed by atoms with Crippen LogP contribution in [0.5, 0.6) is 0 Å². The van der Waals surface area contributed by atoms with Crippen LogP contribution >= 0.6 is 15.9 Å². The molecule has 3 heteroatoms. The van der Waals surface area contributed by atoms with E-state index in [0.717, 1.165) is 4.47 Å². The quantitative estimate of drug-likeness (QED) is 0.530. The molecule has 0 N–H and O–H groups in total. The SMILES string of the molecule is [Li][c]1c(F)cccc1Br. The maximum absolute atomic E-state index is 12.5. The van der Waals surface area contributed by atoms with E-state index in [4.69, 9.17) is 0 Å². The summed E-state index contributed by atoms with van der Waals surface area (Å²) in [6, 6.07) is 4.94. The van der Waals surface area contributed by atoms with Crippen molar-refractivity contribution < 1.29 is 4.39 Å². The van der Waals surface area contributed by atoms with Crippen LogP contribution in [0.2, 0.25) is 0 Å². The number of hydrogen-bond acceptors (Lipinski definition) is 0. The molecule has 0 bridgehead atoms. The molecule has 0 unspecified atom stereocenters. The number of halogens is 2. The second-order valence-electron chi connectivity index (χ2n) is 1.85. The van der Waals surface area contributed by atoms with Crippen LogP contribution in [0.15, 0.2) is 22.7 Å². The molecule has 9 heavy (non-hydrogen) atoms. The Hall–Kier alpha value is 0.227. The van der Waals surface area contributed by atoms with Crippen LogP contribution in [-0.4, -0.2) is 17.7 Å². The van der Waals surface area contributed by atoms with Gasteiger partial charge in [0.2, 0.25) is 0 Å². The summed E-state index contributed by atoms with van der Waals surface area (Å²) in [4.78, 5) is 0. The fraction of sp³-hybridized carbons (Fsp3) is 0. The van der Waals surface area contributed by atoms with Gasteiger partial charge in [-0.05, 0) is 0 Å². The predicted octanol–water partition coefficient (Wildman–Crippen LogP) is 1.38. The fourth-order valence-electron chi connectivity index (χ4n) is 0.581. The van der Waals surface area contributed by atoms with E-state index in [1.54, 1.807) is 23.8 Å². The molecule has 0 aliphatic rings. The Morgan fingerprint density at radius 3 is 2.56 bits per heavy atom. The molecule has 1 aromatic rings. The number of hydrogen-bond donors (Lipinski definition) is 0. The third-order valence-corrected chi connectivity index (χ3v) is 2.06. The third kappa shape index (κ3) is 1.58. The van der Waals surface area contributed by atoms with Gasteiger partial charge in [0.05, 0.1) is 0 Å². The van der Waals surface area contributed by atoms with Gasteiger partial charge < -0.3 is 0 Å². The first kappa shape index (κ1) is 7.34. The van der Waals surface area contributed by atoms with Crippen molar-refractivity contribution in [3.63, 3.8) is 0 Å². The third-order valence-electron chi connectivity index (χ3n) is 1.20. The molecule has 0 aliphatic carbocycles. The minimum atomic E-state index is -0.163. The van der Waals surface area contributed by atoms with Gasteiger partial charge in [0, 0.05) is 0 Å². The van der Waals surface area contributed by atoms with Gasteiger partial charge in [0.25, 0.3) is 0 Å². The second kappa shape index (κ2) is 2.87.